The second-order valence-electron chi connectivity index (χ2n) is 5.51. The molecular weight excluding hydrogens is 260 g/mol. The van der Waals surface area contributed by atoms with E-state index in [0.29, 0.717) is 6.54 Å². The van der Waals surface area contributed by atoms with Crippen molar-refractivity contribution in [3.8, 4) is 0 Å². The van der Waals surface area contributed by atoms with Crippen LogP contribution in [-0.2, 0) is 13.0 Å². The molecule has 0 saturated carbocycles. The molecule has 1 heterocycles. The largest absolute Gasteiger partial charge is 0.385 e. The van der Waals surface area contributed by atoms with Crippen LogP contribution in [0.1, 0.15) is 33.5 Å². The van der Waals surface area contributed by atoms with Crippen molar-refractivity contribution in [1.82, 2.24) is 5.32 Å². The van der Waals surface area contributed by atoms with Gasteiger partial charge >= 0.3 is 0 Å². The maximum Gasteiger partial charge on any atom is 0.251 e. The van der Waals surface area contributed by atoms with Gasteiger partial charge in [-0.15, -0.1) is 0 Å². The normalized spacial score (nSPS) is 13.2. The standard InChI is InChI=1S/C18H20N2O/c1-13-5-2-3-6-16(13)12-20-18(21)15-8-9-17-14(11-15)7-4-10-19-17/h2-3,5-6,8-9,11,19H,4,7,10,12H2,1H3,(H,20,21). The first-order chi connectivity index (χ1) is 10.2. The van der Waals surface area contributed by atoms with Gasteiger partial charge in [-0.1, -0.05) is 24.3 Å². The van der Waals surface area contributed by atoms with E-state index in [9.17, 15) is 4.79 Å². The van der Waals surface area contributed by atoms with Gasteiger partial charge in [-0.25, -0.2) is 0 Å². The van der Waals surface area contributed by atoms with E-state index in [1.54, 1.807) is 0 Å². The van der Waals surface area contributed by atoms with Crippen molar-refractivity contribution in [3.63, 3.8) is 0 Å². The Labute approximate surface area is 125 Å². The molecule has 0 atom stereocenters. The Morgan fingerprint density at radius 1 is 1.24 bits per heavy atom. The van der Waals surface area contributed by atoms with E-state index in [-0.39, 0.29) is 5.91 Å². The summed E-state index contributed by atoms with van der Waals surface area (Å²) in [5, 5.41) is 6.37. The molecule has 2 N–H and O–H groups in total. The molecule has 1 amide bonds. The molecular formula is C18H20N2O. The van der Waals surface area contributed by atoms with Crippen LogP contribution in [0.2, 0.25) is 0 Å². The molecule has 2 aromatic rings. The van der Waals surface area contributed by atoms with E-state index in [0.717, 1.165) is 36.2 Å². The number of aryl methyl sites for hydroxylation is 2. The zero-order chi connectivity index (χ0) is 14.7. The van der Waals surface area contributed by atoms with Gasteiger partial charge in [-0.2, -0.15) is 0 Å². The lowest BCUT2D eigenvalue weighted by Gasteiger charge is -2.18. The zero-order valence-electron chi connectivity index (χ0n) is 12.3. The van der Waals surface area contributed by atoms with E-state index in [1.807, 2.05) is 36.4 Å². The predicted octanol–water partition coefficient (Wildman–Crippen LogP) is 3.28. The number of nitrogens with one attached hydrogen (secondary N) is 2. The Kier molecular flexibility index (Phi) is 3.91. The molecule has 21 heavy (non-hydrogen) atoms. The summed E-state index contributed by atoms with van der Waals surface area (Å²) in [7, 11) is 0. The first-order valence-electron chi connectivity index (χ1n) is 7.43. The van der Waals surface area contributed by atoms with Gasteiger partial charge in [-0.05, 0) is 54.7 Å². The van der Waals surface area contributed by atoms with Crippen LogP contribution in [0.15, 0.2) is 42.5 Å². The van der Waals surface area contributed by atoms with Crippen molar-refractivity contribution in [1.29, 1.82) is 0 Å². The highest BCUT2D eigenvalue weighted by molar-refractivity contribution is 5.94. The number of amides is 1. The molecule has 0 aliphatic carbocycles. The van der Waals surface area contributed by atoms with Crippen LogP contribution in [0.3, 0.4) is 0 Å². The number of hydrogen-bond donors (Lipinski definition) is 2. The molecule has 1 aliphatic rings. The highest BCUT2D eigenvalue weighted by Crippen LogP contribution is 2.22. The summed E-state index contributed by atoms with van der Waals surface area (Å²) < 4.78 is 0. The third-order valence-electron chi connectivity index (χ3n) is 4.01. The van der Waals surface area contributed by atoms with Crippen molar-refractivity contribution >= 4 is 11.6 Å². The molecule has 3 rings (SSSR count). The van der Waals surface area contributed by atoms with Gasteiger partial charge < -0.3 is 10.6 Å². The fraction of sp³-hybridized carbons (Fsp3) is 0.278. The smallest absolute Gasteiger partial charge is 0.251 e. The van der Waals surface area contributed by atoms with Gasteiger partial charge in [0.2, 0.25) is 0 Å². The Morgan fingerprint density at radius 3 is 2.95 bits per heavy atom. The summed E-state index contributed by atoms with van der Waals surface area (Å²) in [6.07, 6.45) is 2.17. The van der Waals surface area contributed by atoms with Gasteiger partial charge in [0.15, 0.2) is 0 Å². The van der Waals surface area contributed by atoms with E-state index in [1.165, 1.54) is 11.1 Å². The summed E-state index contributed by atoms with van der Waals surface area (Å²) in [6.45, 7) is 3.65. The van der Waals surface area contributed by atoms with Gasteiger partial charge in [0.25, 0.3) is 5.91 Å². The number of fused-ring (bicyclic) bond motifs is 1. The second kappa shape index (κ2) is 6.00. The van der Waals surface area contributed by atoms with Gasteiger partial charge in [0.05, 0.1) is 0 Å². The highest BCUT2D eigenvalue weighted by atomic mass is 16.1. The van der Waals surface area contributed by atoms with Crippen LogP contribution in [-0.4, -0.2) is 12.5 Å². The first kappa shape index (κ1) is 13.7. The molecule has 3 nitrogen and oxygen atoms in total. The van der Waals surface area contributed by atoms with Gasteiger partial charge in [-0.3, -0.25) is 4.79 Å². The molecule has 0 spiro atoms. The van der Waals surface area contributed by atoms with Crippen molar-refractivity contribution in [2.45, 2.75) is 26.3 Å². The van der Waals surface area contributed by atoms with Crippen LogP contribution in [0.25, 0.3) is 0 Å². The number of hydrogen-bond acceptors (Lipinski definition) is 2. The summed E-state index contributed by atoms with van der Waals surface area (Å²) in [5.41, 5.74) is 5.51. The lowest BCUT2D eigenvalue weighted by molar-refractivity contribution is 0.0951. The van der Waals surface area contributed by atoms with Gasteiger partial charge in [0, 0.05) is 24.3 Å². The molecule has 2 aromatic carbocycles. The molecule has 3 heteroatoms. The third kappa shape index (κ3) is 3.07. The monoisotopic (exact) mass is 280 g/mol. The lowest BCUT2D eigenvalue weighted by Crippen LogP contribution is -2.23. The Morgan fingerprint density at radius 2 is 2.10 bits per heavy atom. The third-order valence-corrected chi connectivity index (χ3v) is 4.01. The van der Waals surface area contributed by atoms with Crippen LogP contribution < -0.4 is 10.6 Å². The first-order valence-corrected chi connectivity index (χ1v) is 7.43. The molecule has 1 aliphatic heterocycles. The SMILES string of the molecule is Cc1ccccc1CNC(=O)c1ccc2c(c1)CCCN2. The number of rotatable bonds is 3. The zero-order valence-corrected chi connectivity index (χ0v) is 12.3. The fourth-order valence-corrected chi connectivity index (χ4v) is 2.70. The van der Waals surface area contributed by atoms with E-state index >= 15 is 0 Å². The molecule has 0 fully saturated rings. The minimum atomic E-state index is -0.00775. The van der Waals surface area contributed by atoms with E-state index < -0.39 is 0 Å². The Hall–Kier alpha value is -2.29. The average molecular weight is 280 g/mol. The molecule has 0 saturated heterocycles. The molecule has 0 radical (unpaired) electrons. The molecule has 108 valence electrons. The average Bonchev–Trinajstić information content (AvgIpc) is 2.53. The second-order valence-corrected chi connectivity index (χ2v) is 5.51. The predicted molar refractivity (Wildman–Crippen MR) is 85.6 cm³/mol. The molecule has 0 aromatic heterocycles. The number of carbonyl (C=O) groups excluding carboxylic acids is 1. The minimum absolute atomic E-state index is 0.00775. The van der Waals surface area contributed by atoms with E-state index in [4.69, 9.17) is 0 Å². The van der Waals surface area contributed by atoms with Crippen molar-refractivity contribution < 1.29 is 4.79 Å². The van der Waals surface area contributed by atoms with E-state index in [2.05, 4.69) is 23.6 Å². The maximum absolute atomic E-state index is 12.3. The van der Waals surface area contributed by atoms with Crippen molar-refractivity contribution in [3.05, 3.63) is 64.7 Å². The highest BCUT2D eigenvalue weighted by Gasteiger charge is 2.12. The number of carbonyl (C=O) groups is 1. The van der Waals surface area contributed by atoms with Crippen LogP contribution in [0, 0.1) is 6.92 Å². The van der Waals surface area contributed by atoms with Crippen LogP contribution in [0.4, 0.5) is 5.69 Å². The topological polar surface area (TPSA) is 41.1 Å². The quantitative estimate of drug-likeness (QED) is 0.906. The summed E-state index contributed by atoms with van der Waals surface area (Å²) in [4.78, 5) is 12.3. The molecule has 0 unspecified atom stereocenters. The number of benzene rings is 2. The summed E-state index contributed by atoms with van der Waals surface area (Å²) >= 11 is 0. The Balaban J connectivity index is 1.69. The minimum Gasteiger partial charge on any atom is -0.385 e. The molecule has 0 bridgehead atoms. The Bertz CT molecular complexity index is 664. The van der Waals surface area contributed by atoms with Crippen molar-refractivity contribution in [2.75, 3.05) is 11.9 Å². The number of anilines is 1. The summed E-state index contributed by atoms with van der Waals surface area (Å²) in [6, 6.07) is 14.0. The fourth-order valence-electron chi connectivity index (χ4n) is 2.70. The van der Waals surface area contributed by atoms with Crippen molar-refractivity contribution in [2.24, 2.45) is 0 Å². The van der Waals surface area contributed by atoms with Crippen LogP contribution >= 0.6 is 0 Å². The lowest BCUT2D eigenvalue weighted by atomic mass is 10.0. The van der Waals surface area contributed by atoms with Gasteiger partial charge in [0.1, 0.15) is 0 Å². The summed E-state index contributed by atoms with van der Waals surface area (Å²) in [5.74, 6) is -0.00775. The van der Waals surface area contributed by atoms with Crippen LogP contribution in [0.5, 0.6) is 0 Å². The maximum atomic E-state index is 12.3.